The number of nitrogens with two attached hydrogens (primary N) is 1. The van der Waals surface area contributed by atoms with Crippen LogP contribution in [0.2, 0.25) is 5.02 Å². The smallest absolute Gasteiger partial charge is 0.353 e. The maximum atomic E-state index is 11.8. The van der Waals surface area contributed by atoms with Gasteiger partial charge in [-0.1, -0.05) is 29.8 Å². The highest BCUT2D eigenvalue weighted by molar-refractivity contribution is 6.34. The van der Waals surface area contributed by atoms with E-state index < -0.39 is 11.9 Å². The van der Waals surface area contributed by atoms with Crippen molar-refractivity contribution in [1.82, 2.24) is 15.2 Å². The number of rotatable bonds is 4. The van der Waals surface area contributed by atoms with Crippen LogP contribution in [0.5, 0.6) is 0 Å². The lowest BCUT2D eigenvalue weighted by atomic mass is 10.2. The number of carbonyl (C=O) groups is 3. The van der Waals surface area contributed by atoms with Gasteiger partial charge in [-0.25, -0.2) is 4.79 Å². The zero-order valence-corrected chi connectivity index (χ0v) is 14.5. The molecule has 0 unspecified atom stereocenters. The summed E-state index contributed by atoms with van der Waals surface area (Å²) in [7, 11) is 0. The molecular formula is C17H14ClN5O4. The number of aromatic carboxylic acids is 1. The fourth-order valence-electron chi connectivity index (χ4n) is 1.84. The number of amides is 2. The Labute approximate surface area is 158 Å². The summed E-state index contributed by atoms with van der Waals surface area (Å²) in [6, 6.07) is 11.4. The number of H-pyrrole nitrogens is 1. The topological polar surface area (TPSA) is 151 Å². The average molecular weight is 388 g/mol. The number of hydrogen-bond donors (Lipinski definition) is 4. The fourth-order valence-corrected chi connectivity index (χ4v) is 2.05. The van der Waals surface area contributed by atoms with Crippen LogP contribution >= 0.6 is 11.6 Å². The van der Waals surface area contributed by atoms with Crippen molar-refractivity contribution in [3.63, 3.8) is 0 Å². The van der Waals surface area contributed by atoms with Gasteiger partial charge >= 0.3 is 5.97 Å². The number of nitrogens with one attached hydrogen (secondary N) is 2. The van der Waals surface area contributed by atoms with Gasteiger partial charge in [-0.2, -0.15) is 5.10 Å². The number of carbonyl (C=O) groups excluding carboxylic acids is 2. The highest BCUT2D eigenvalue weighted by atomic mass is 35.5. The van der Waals surface area contributed by atoms with E-state index >= 15 is 0 Å². The number of hydrogen-bond acceptors (Lipinski definition) is 5. The van der Waals surface area contributed by atoms with Crippen LogP contribution in [-0.2, 0) is 0 Å². The van der Waals surface area contributed by atoms with E-state index in [1.54, 1.807) is 24.3 Å². The Morgan fingerprint density at radius 3 is 2.37 bits per heavy atom. The van der Waals surface area contributed by atoms with Crippen molar-refractivity contribution in [3.05, 3.63) is 76.7 Å². The van der Waals surface area contributed by atoms with E-state index in [4.69, 9.17) is 22.4 Å². The summed E-state index contributed by atoms with van der Waals surface area (Å²) in [5.41, 5.74) is 5.64. The molecule has 0 saturated heterocycles. The lowest BCUT2D eigenvalue weighted by molar-refractivity contribution is 0.0690. The molecule has 2 amide bonds. The van der Waals surface area contributed by atoms with Crippen LogP contribution in [0.4, 0.5) is 5.82 Å². The quantitative estimate of drug-likeness (QED) is 0.538. The summed E-state index contributed by atoms with van der Waals surface area (Å²) in [6.45, 7) is 0. The summed E-state index contributed by atoms with van der Waals surface area (Å²) in [4.78, 5) is 36.6. The lowest BCUT2D eigenvalue weighted by Gasteiger charge is -2.02. The van der Waals surface area contributed by atoms with Crippen molar-refractivity contribution in [1.29, 1.82) is 0 Å². The van der Waals surface area contributed by atoms with Gasteiger partial charge in [0.1, 0.15) is 5.69 Å². The molecule has 0 radical (unpaired) electrons. The van der Waals surface area contributed by atoms with Crippen LogP contribution in [0.15, 0.2) is 54.9 Å². The Bertz CT molecular complexity index is 959. The Hall–Kier alpha value is -3.72. The minimum absolute atomic E-state index is 0.102. The van der Waals surface area contributed by atoms with Crippen LogP contribution in [-0.4, -0.2) is 38.1 Å². The molecule has 5 N–H and O–H groups in total. The van der Waals surface area contributed by atoms with Gasteiger partial charge in [0.25, 0.3) is 5.91 Å². The third-order valence-electron chi connectivity index (χ3n) is 3.13. The zero-order chi connectivity index (χ0) is 19.8. The number of pyridine rings is 1. The molecule has 10 heteroatoms. The van der Waals surface area contributed by atoms with E-state index in [9.17, 15) is 14.4 Å². The van der Waals surface area contributed by atoms with Crippen LogP contribution < -0.4 is 11.1 Å². The van der Waals surface area contributed by atoms with Gasteiger partial charge in [-0.15, -0.1) is 0 Å². The Morgan fingerprint density at radius 2 is 1.85 bits per heavy atom. The standard InChI is InChI=1S/C10H7ClN4O3.C7H7NO/c11-6-4-12-2-1-5(6)9(16)13-8-3-7(10(17)18)14-15-8;8-7(9)6-4-2-1-3-5-6/h1-4H,(H,17,18)(H2,13,14,15,16);1-5H,(H2,8,9). The van der Waals surface area contributed by atoms with Crippen molar-refractivity contribution in [2.24, 2.45) is 5.73 Å². The van der Waals surface area contributed by atoms with Crippen molar-refractivity contribution >= 4 is 35.2 Å². The van der Waals surface area contributed by atoms with Crippen LogP contribution in [0.25, 0.3) is 0 Å². The molecule has 9 nitrogen and oxygen atoms in total. The third kappa shape index (κ3) is 5.65. The number of primary amides is 1. The molecule has 0 aliphatic heterocycles. The van der Waals surface area contributed by atoms with Gasteiger partial charge < -0.3 is 16.2 Å². The summed E-state index contributed by atoms with van der Waals surface area (Å²) in [6.07, 6.45) is 2.76. The molecule has 2 heterocycles. The summed E-state index contributed by atoms with van der Waals surface area (Å²) < 4.78 is 0. The van der Waals surface area contributed by atoms with E-state index in [2.05, 4.69) is 20.5 Å². The first kappa shape index (κ1) is 19.6. The van der Waals surface area contributed by atoms with E-state index in [1.807, 2.05) is 6.07 Å². The number of halogens is 1. The normalized spacial score (nSPS) is 9.67. The van der Waals surface area contributed by atoms with Crippen LogP contribution in [0.1, 0.15) is 31.2 Å². The molecule has 0 aliphatic rings. The molecule has 0 saturated carbocycles. The monoisotopic (exact) mass is 387 g/mol. The first-order chi connectivity index (χ1) is 12.9. The van der Waals surface area contributed by atoms with E-state index in [1.165, 1.54) is 24.5 Å². The Morgan fingerprint density at radius 1 is 1.15 bits per heavy atom. The zero-order valence-electron chi connectivity index (χ0n) is 13.7. The number of anilines is 1. The molecule has 3 aromatic rings. The Kier molecular flexibility index (Phi) is 6.61. The minimum Gasteiger partial charge on any atom is -0.477 e. The fraction of sp³-hybridized carbons (Fsp3) is 0. The second-order valence-corrected chi connectivity index (χ2v) is 5.42. The molecular weight excluding hydrogens is 374 g/mol. The maximum Gasteiger partial charge on any atom is 0.353 e. The van der Waals surface area contributed by atoms with E-state index in [-0.39, 0.29) is 28.0 Å². The van der Waals surface area contributed by atoms with Crippen molar-refractivity contribution < 1.29 is 19.5 Å². The second kappa shape index (κ2) is 9.11. The highest BCUT2D eigenvalue weighted by Gasteiger charge is 2.13. The molecule has 0 spiro atoms. The van der Waals surface area contributed by atoms with Gasteiger partial charge in [0, 0.05) is 24.0 Å². The first-order valence-electron chi connectivity index (χ1n) is 7.43. The number of nitrogens with zero attached hydrogens (tertiary/aromatic N) is 2. The highest BCUT2D eigenvalue weighted by Crippen LogP contribution is 2.15. The predicted octanol–water partition coefficient (Wildman–Crippen LogP) is 2.19. The molecule has 3 rings (SSSR count). The van der Waals surface area contributed by atoms with E-state index in [0.29, 0.717) is 5.56 Å². The van der Waals surface area contributed by atoms with Crippen molar-refractivity contribution in [3.8, 4) is 0 Å². The molecule has 0 atom stereocenters. The van der Waals surface area contributed by atoms with Gasteiger partial charge in [0.15, 0.2) is 5.82 Å². The van der Waals surface area contributed by atoms with Crippen LogP contribution in [0, 0.1) is 0 Å². The maximum absolute atomic E-state index is 11.8. The number of carboxylic acids is 1. The molecule has 1 aromatic carbocycles. The SMILES string of the molecule is NC(=O)c1ccccc1.O=C(O)c1cc(NC(=O)c2ccncc2Cl)n[nH]1. The summed E-state index contributed by atoms with van der Waals surface area (Å²) in [5, 5.41) is 17.2. The molecule has 0 aliphatic carbocycles. The largest absolute Gasteiger partial charge is 0.477 e. The van der Waals surface area contributed by atoms with E-state index in [0.717, 1.165) is 0 Å². The first-order valence-corrected chi connectivity index (χ1v) is 7.80. The van der Waals surface area contributed by atoms with Crippen molar-refractivity contribution in [2.75, 3.05) is 5.32 Å². The summed E-state index contributed by atoms with van der Waals surface area (Å²) in [5.74, 6) is -1.93. The molecule has 27 heavy (non-hydrogen) atoms. The molecule has 0 fully saturated rings. The minimum atomic E-state index is -1.16. The number of aromatic amines is 1. The molecule has 2 aromatic heterocycles. The third-order valence-corrected chi connectivity index (χ3v) is 3.43. The van der Waals surface area contributed by atoms with Gasteiger partial charge in [-0.3, -0.25) is 19.7 Å². The number of carboxylic acid groups (broad SMARTS) is 1. The lowest BCUT2D eigenvalue weighted by Crippen LogP contribution is -2.12. The van der Waals surface area contributed by atoms with Gasteiger partial charge in [-0.05, 0) is 18.2 Å². The summed E-state index contributed by atoms with van der Waals surface area (Å²) >= 11 is 5.80. The number of benzene rings is 1. The van der Waals surface area contributed by atoms with Gasteiger partial charge in [0.05, 0.1) is 10.6 Å². The second-order valence-electron chi connectivity index (χ2n) is 5.01. The van der Waals surface area contributed by atoms with Gasteiger partial charge in [0.2, 0.25) is 5.91 Å². The van der Waals surface area contributed by atoms with Crippen LogP contribution in [0.3, 0.4) is 0 Å². The van der Waals surface area contributed by atoms with Crippen molar-refractivity contribution in [2.45, 2.75) is 0 Å². The number of aromatic nitrogens is 3. The average Bonchev–Trinajstić information content (AvgIpc) is 3.12. The Balaban J connectivity index is 0.000000244. The predicted molar refractivity (Wildman–Crippen MR) is 97.7 cm³/mol. The molecule has 138 valence electrons. The molecule has 0 bridgehead atoms.